The zero-order valence-corrected chi connectivity index (χ0v) is 9.80. The lowest BCUT2D eigenvalue weighted by molar-refractivity contribution is 0.492. The largest absolute Gasteiger partial charge is 0.397 e. The molecule has 1 aromatic rings. The number of hydrogen-bond acceptors (Lipinski definition) is 3. The normalized spacial score (nSPS) is 16.5. The molecule has 1 heterocycles. The summed E-state index contributed by atoms with van der Waals surface area (Å²) in [6.07, 6.45) is 4.19. The summed E-state index contributed by atoms with van der Waals surface area (Å²) in [6, 6.07) is 1.72. The van der Waals surface area contributed by atoms with Crippen molar-refractivity contribution in [3.05, 3.63) is 17.3 Å². The first-order valence-electron chi connectivity index (χ1n) is 5.18. The molecule has 3 N–H and O–H groups in total. The lowest BCUT2D eigenvalue weighted by Gasteiger charge is -2.27. The van der Waals surface area contributed by atoms with Crippen LogP contribution < -0.4 is 11.1 Å². The van der Waals surface area contributed by atoms with Crippen LogP contribution in [0.25, 0.3) is 0 Å². The maximum absolute atomic E-state index is 6.06. The van der Waals surface area contributed by atoms with Crippen molar-refractivity contribution in [1.82, 2.24) is 4.98 Å². The highest BCUT2D eigenvalue weighted by atomic mass is 35.5. The van der Waals surface area contributed by atoms with Crippen molar-refractivity contribution in [1.29, 1.82) is 0 Å². The van der Waals surface area contributed by atoms with E-state index >= 15 is 0 Å². The average molecular weight is 226 g/mol. The molecule has 0 unspecified atom stereocenters. The SMILES string of the molecule is CC(C)(Nc1ncc(N)cc1Cl)C1CC1. The van der Waals surface area contributed by atoms with Crippen LogP contribution >= 0.6 is 11.6 Å². The van der Waals surface area contributed by atoms with Crippen LogP contribution in [0.3, 0.4) is 0 Å². The Morgan fingerprint density at radius 1 is 1.53 bits per heavy atom. The van der Waals surface area contributed by atoms with Crippen LogP contribution in [0.15, 0.2) is 12.3 Å². The van der Waals surface area contributed by atoms with Gasteiger partial charge in [-0.25, -0.2) is 4.98 Å². The summed E-state index contributed by atoms with van der Waals surface area (Å²) >= 11 is 6.06. The number of halogens is 1. The van der Waals surface area contributed by atoms with Gasteiger partial charge in [0.05, 0.1) is 16.9 Å². The maximum atomic E-state index is 6.06. The van der Waals surface area contributed by atoms with Gasteiger partial charge in [-0.1, -0.05) is 11.6 Å². The predicted octanol–water partition coefficient (Wildman–Crippen LogP) is 2.92. The van der Waals surface area contributed by atoms with Gasteiger partial charge in [0.25, 0.3) is 0 Å². The van der Waals surface area contributed by atoms with Crippen LogP contribution in [0.5, 0.6) is 0 Å². The first-order valence-corrected chi connectivity index (χ1v) is 5.56. The van der Waals surface area contributed by atoms with Gasteiger partial charge >= 0.3 is 0 Å². The number of anilines is 2. The van der Waals surface area contributed by atoms with Crippen molar-refractivity contribution in [2.24, 2.45) is 5.92 Å². The van der Waals surface area contributed by atoms with E-state index in [-0.39, 0.29) is 5.54 Å². The Balaban J connectivity index is 2.16. The number of nitrogens with zero attached hydrogens (tertiary/aromatic N) is 1. The number of nitrogens with one attached hydrogen (secondary N) is 1. The molecule has 15 heavy (non-hydrogen) atoms. The quantitative estimate of drug-likeness (QED) is 0.832. The molecule has 1 aliphatic rings. The lowest BCUT2D eigenvalue weighted by atomic mass is 9.99. The van der Waals surface area contributed by atoms with Crippen molar-refractivity contribution < 1.29 is 0 Å². The van der Waals surface area contributed by atoms with E-state index in [0.29, 0.717) is 10.7 Å². The second-order valence-corrected chi connectivity index (χ2v) is 5.13. The summed E-state index contributed by atoms with van der Waals surface area (Å²) in [4.78, 5) is 4.21. The summed E-state index contributed by atoms with van der Waals surface area (Å²) < 4.78 is 0. The molecule has 1 fully saturated rings. The van der Waals surface area contributed by atoms with Gasteiger partial charge in [0.2, 0.25) is 0 Å². The Morgan fingerprint density at radius 3 is 2.73 bits per heavy atom. The highest BCUT2D eigenvalue weighted by molar-refractivity contribution is 6.33. The Hall–Kier alpha value is -0.960. The van der Waals surface area contributed by atoms with Gasteiger partial charge in [-0.15, -0.1) is 0 Å². The molecule has 0 aliphatic heterocycles. The number of nitrogens with two attached hydrogens (primary N) is 1. The molecule has 0 aromatic carbocycles. The van der Waals surface area contributed by atoms with Crippen molar-refractivity contribution in [3.8, 4) is 0 Å². The molecule has 0 atom stereocenters. The fourth-order valence-electron chi connectivity index (χ4n) is 1.76. The van der Waals surface area contributed by atoms with E-state index < -0.39 is 0 Å². The Labute approximate surface area is 95.0 Å². The van der Waals surface area contributed by atoms with E-state index in [0.717, 1.165) is 11.7 Å². The van der Waals surface area contributed by atoms with Gasteiger partial charge in [-0.3, -0.25) is 0 Å². The highest BCUT2D eigenvalue weighted by Gasteiger charge is 2.38. The maximum Gasteiger partial charge on any atom is 0.145 e. The van der Waals surface area contributed by atoms with E-state index in [1.165, 1.54) is 12.8 Å². The second-order valence-electron chi connectivity index (χ2n) is 4.72. The fourth-order valence-corrected chi connectivity index (χ4v) is 1.98. The van der Waals surface area contributed by atoms with Crippen molar-refractivity contribution in [3.63, 3.8) is 0 Å². The predicted molar refractivity (Wildman–Crippen MR) is 64.1 cm³/mol. The second kappa shape index (κ2) is 3.56. The summed E-state index contributed by atoms with van der Waals surface area (Å²) in [5.41, 5.74) is 6.24. The molecule has 2 rings (SSSR count). The molecule has 1 aliphatic carbocycles. The standard InChI is InChI=1S/C11H16ClN3/c1-11(2,7-3-4-7)15-10-9(12)5-8(13)6-14-10/h5-7H,3-4,13H2,1-2H3,(H,14,15). The Morgan fingerprint density at radius 2 is 2.20 bits per heavy atom. The van der Waals surface area contributed by atoms with Gasteiger partial charge in [-0.05, 0) is 38.7 Å². The average Bonchev–Trinajstić information content (AvgIpc) is 2.92. The van der Waals surface area contributed by atoms with Crippen LogP contribution in [-0.4, -0.2) is 10.5 Å². The minimum absolute atomic E-state index is 0.0623. The molecule has 0 spiro atoms. The number of rotatable bonds is 3. The summed E-state index contributed by atoms with van der Waals surface area (Å²) in [6.45, 7) is 4.36. The van der Waals surface area contributed by atoms with E-state index in [1.54, 1.807) is 12.3 Å². The smallest absolute Gasteiger partial charge is 0.145 e. The van der Waals surface area contributed by atoms with E-state index in [1.807, 2.05) is 0 Å². The molecule has 1 aromatic heterocycles. The number of nitrogen functional groups attached to an aromatic ring is 1. The monoisotopic (exact) mass is 225 g/mol. The van der Waals surface area contributed by atoms with Gasteiger partial charge in [0.1, 0.15) is 5.82 Å². The summed E-state index contributed by atoms with van der Waals surface area (Å²) in [7, 11) is 0. The molecule has 4 heteroatoms. The minimum Gasteiger partial charge on any atom is -0.397 e. The fraction of sp³-hybridized carbons (Fsp3) is 0.545. The molecule has 0 saturated heterocycles. The minimum atomic E-state index is 0.0623. The number of aromatic nitrogens is 1. The lowest BCUT2D eigenvalue weighted by Crippen LogP contribution is -2.33. The number of pyridine rings is 1. The first-order chi connectivity index (χ1) is 6.99. The summed E-state index contributed by atoms with van der Waals surface area (Å²) in [5.74, 6) is 1.45. The molecule has 0 amide bonds. The third kappa shape index (κ3) is 2.34. The van der Waals surface area contributed by atoms with Gasteiger partial charge < -0.3 is 11.1 Å². The third-order valence-electron chi connectivity index (χ3n) is 2.90. The highest BCUT2D eigenvalue weighted by Crippen LogP contribution is 2.41. The summed E-state index contributed by atoms with van der Waals surface area (Å²) in [5, 5.41) is 3.96. The molecular formula is C11H16ClN3. The van der Waals surface area contributed by atoms with E-state index in [4.69, 9.17) is 17.3 Å². The molecular weight excluding hydrogens is 210 g/mol. The molecule has 82 valence electrons. The van der Waals surface area contributed by atoms with Crippen LogP contribution in [-0.2, 0) is 0 Å². The zero-order valence-electron chi connectivity index (χ0n) is 9.05. The van der Waals surface area contributed by atoms with Crippen LogP contribution in [0, 0.1) is 5.92 Å². The van der Waals surface area contributed by atoms with Gasteiger partial charge in [-0.2, -0.15) is 0 Å². The Bertz CT molecular complexity index is 372. The molecule has 0 bridgehead atoms. The first kappa shape index (κ1) is 10.6. The van der Waals surface area contributed by atoms with Crippen LogP contribution in [0.1, 0.15) is 26.7 Å². The van der Waals surface area contributed by atoms with E-state index in [2.05, 4.69) is 24.1 Å². The van der Waals surface area contributed by atoms with Gasteiger partial charge in [0.15, 0.2) is 0 Å². The molecule has 3 nitrogen and oxygen atoms in total. The van der Waals surface area contributed by atoms with Crippen molar-refractivity contribution in [2.45, 2.75) is 32.2 Å². The van der Waals surface area contributed by atoms with E-state index in [9.17, 15) is 0 Å². The van der Waals surface area contributed by atoms with Crippen molar-refractivity contribution >= 4 is 23.1 Å². The van der Waals surface area contributed by atoms with Gasteiger partial charge in [0, 0.05) is 5.54 Å². The third-order valence-corrected chi connectivity index (χ3v) is 3.19. The zero-order chi connectivity index (χ0) is 11.1. The topological polar surface area (TPSA) is 50.9 Å². The number of hydrogen-bond donors (Lipinski definition) is 2. The van der Waals surface area contributed by atoms with Crippen LogP contribution in [0.4, 0.5) is 11.5 Å². The molecule has 0 radical (unpaired) electrons. The van der Waals surface area contributed by atoms with Crippen LogP contribution in [0.2, 0.25) is 5.02 Å². The Kier molecular flexibility index (Phi) is 2.51. The molecule has 1 saturated carbocycles. The van der Waals surface area contributed by atoms with Crippen molar-refractivity contribution in [2.75, 3.05) is 11.1 Å².